The highest BCUT2D eigenvalue weighted by Gasteiger charge is 2.17. The Morgan fingerprint density at radius 3 is 2.55 bits per heavy atom. The van der Waals surface area contributed by atoms with Gasteiger partial charge in [-0.3, -0.25) is 5.41 Å². The normalized spacial score (nSPS) is 11.0. The third-order valence-corrected chi connectivity index (χ3v) is 3.38. The van der Waals surface area contributed by atoms with E-state index >= 15 is 0 Å². The molecule has 0 unspecified atom stereocenters. The Hall–Kier alpha value is -2.16. The molecule has 0 amide bonds. The number of aliphatic imine (C=N–C) groups is 1. The molecule has 20 heavy (non-hydrogen) atoms. The Morgan fingerprint density at radius 2 is 1.95 bits per heavy atom. The predicted molar refractivity (Wildman–Crippen MR) is 85.9 cm³/mol. The zero-order chi connectivity index (χ0) is 14.4. The molecule has 0 fully saturated rings. The highest BCUT2D eigenvalue weighted by Crippen LogP contribution is 2.16. The van der Waals surface area contributed by atoms with Crippen molar-refractivity contribution in [2.24, 2.45) is 4.99 Å². The summed E-state index contributed by atoms with van der Waals surface area (Å²) in [6.45, 7) is 2.02. The zero-order valence-electron chi connectivity index (χ0n) is 11.5. The van der Waals surface area contributed by atoms with Gasteiger partial charge >= 0.3 is 5.70 Å². The summed E-state index contributed by atoms with van der Waals surface area (Å²) in [5.74, 6) is 2.49. The zero-order valence-corrected chi connectivity index (χ0v) is 12.3. The van der Waals surface area contributed by atoms with Crippen molar-refractivity contribution in [1.82, 2.24) is 0 Å². The summed E-state index contributed by atoms with van der Waals surface area (Å²) >= 11 is 1.51. The van der Waals surface area contributed by atoms with Crippen LogP contribution >= 0.6 is 11.8 Å². The van der Waals surface area contributed by atoms with Crippen LogP contribution < -0.4 is 4.57 Å². The van der Waals surface area contributed by atoms with Crippen LogP contribution in [0.2, 0.25) is 0 Å². The van der Waals surface area contributed by atoms with Crippen LogP contribution in [0.3, 0.4) is 0 Å². The predicted octanol–water partition coefficient (Wildman–Crippen LogP) is 3.47. The van der Waals surface area contributed by atoms with Crippen LogP contribution in [0, 0.1) is 12.3 Å². The van der Waals surface area contributed by atoms with Crippen molar-refractivity contribution in [1.29, 1.82) is 5.41 Å². The van der Waals surface area contributed by atoms with Crippen LogP contribution in [-0.4, -0.2) is 17.2 Å². The van der Waals surface area contributed by atoms with E-state index in [1.54, 1.807) is 0 Å². The molecule has 1 N–H and O–H groups in total. The van der Waals surface area contributed by atoms with Crippen molar-refractivity contribution < 1.29 is 4.57 Å². The first-order chi connectivity index (χ1) is 9.74. The van der Waals surface area contributed by atoms with Gasteiger partial charge in [-0.15, -0.1) is 11.8 Å². The van der Waals surface area contributed by atoms with Crippen LogP contribution in [-0.2, 0) is 0 Å². The summed E-state index contributed by atoms with van der Waals surface area (Å²) in [6, 6.07) is 13.7. The summed E-state index contributed by atoms with van der Waals surface area (Å²) in [7, 11) is 0. The number of aromatic nitrogens is 1. The lowest BCUT2D eigenvalue weighted by Gasteiger charge is -2.02. The van der Waals surface area contributed by atoms with Gasteiger partial charge in [0, 0.05) is 11.6 Å². The number of rotatable bonds is 3. The Labute approximate surface area is 123 Å². The van der Waals surface area contributed by atoms with Crippen molar-refractivity contribution in [3.05, 3.63) is 60.4 Å². The van der Waals surface area contributed by atoms with E-state index in [1.807, 2.05) is 72.6 Å². The topological polar surface area (TPSA) is 40.1 Å². The molecule has 0 aliphatic heterocycles. The molecular weight excluding hydrogens is 266 g/mol. The van der Waals surface area contributed by atoms with Gasteiger partial charge in [0.25, 0.3) is 0 Å². The monoisotopic (exact) mass is 282 g/mol. The van der Waals surface area contributed by atoms with Crippen molar-refractivity contribution in [2.75, 3.05) is 6.26 Å². The standard InChI is InChI=1S/C16H16N3S/c1-13-7-6-10-19(12-13)15(11-17)16(20-2)18-14-8-4-3-5-9-14/h3-10,12,17H,1-2H3/q+1. The molecule has 0 spiro atoms. The Morgan fingerprint density at radius 1 is 1.20 bits per heavy atom. The van der Waals surface area contributed by atoms with Crippen LogP contribution in [0.15, 0.2) is 59.9 Å². The first-order valence-corrected chi connectivity index (χ1v) is 7.43. The first kappa shape index (κ1) is 14.3. The minimum atomic E-state index is 0.644. The molecule has 0 atom stereocenters. The average molecular weight is 282 g/mol. The smallest absolute Gasteiger partial charge is 0.253 e. The summed E-state index contributed by atoms with van der Waals surface area (Å²) in [4.78, 5) is 4.59. The van der Waals surface area contributed by atoms with Gasteiger partial charge in [0.2, 0.25) is 0 Å². The molecule has 0 aliphatic carbocycles. The number of hydrogen-bond donors (Lipinski definition) is 1. The molecule has 0 saturated carbocycles. The maximum Gasteiger partial charge on any atom is 0.305 e. The number of benzene rings is 1. The molecule has 1 aromatic carbocycles. The molecule has 2 aromatic rings. The van der Waals surface area contributed by atoms with Crippen molar-refractivity contribution in [3.8, 4) is 0 Å². The minimum absolute atomic E-state index is 0.644. The molecule has 1 heterocycles. The Bertz CT molecular complexity index is 671. The van der Waals surface area contributed by atoms with E-state index in [-0.39, 0.29) is 0 Å². The average Bonchev–Trinajstić information content (AvgIpc) is 2.48. The SMILES string of the molecule is CSC(=Nc1ccccc1)C(=C=N)[n+]1cccc(C)c1. The van der Waals surface area contributed by atoms with Crippen molar-refractivity contribution in [2.45, 2.75) is 6.92 Å². The van der Waals surface area contributed by atoms with Gasteiger partial charge in [-0.1, -0.05) is 18.2 Å². The fourth-order valence-corrected chi connectivity index (χ4v) is 2.32. The summed E-state index contributed by atoms with van der Waals surface area (Å²) in [5.41, 5.74) is 2.64. The second-order valence-corrected chi connectivity index (χ2v) is 5.01. The second kappa shape index (κ2) is 6.85. The van der Waals surface area contributed by atoms with E-state index in [1.165, 1.54) is 11.8 Å². The molecule has 100 valence electrons. The molecule has 0 aliphatic rings. The van der Waals surface area contributed by atoms with E-state index in [9.17, 15) is 0 Å². The van der Waals surface area contributed by atoms with E-state index in [0.29, 0.717) is 5.70 Å². The minimum Gasteiger partial charge on any atom is -0.253 e. The van der Waals surface area contributed by atoms with Gasteiger partial charge in [0.05, 0.1) is 11.6 Å². The third kappa shape index (κ3) is 3.44. The number of pyridine rings is 1. The molecule has 1 aromatic heterocycles. The number of para-hydroxylation sites is 1. The van der Waals surface area contributed by atoms with Gasteiger partial charge in [-0.2, -0.15) is 4.57 Å². The van der Waals surface area contributed by atoms with Gasteiger partial charge in [0.15, 0.2) is 17.4 Å². The summed E-state index contributed by atoms with van der Waals surface area (Å²) in [5, 5.41) is 8.33. The van der Waals surface area contributed by atoms with E-state index in [4.69, 9.17) is 5.41 Å². The first-order valence-electron chi connectivity index (χ1n) is 6.20. The van der Waals surface area contributed by atoms with Crippen LogP contribution in [0.1, 0.15) is 5.56 Å². The van der Waals surface area contributed by atoms with E-state index in [0.717, 1.165) is 16.3 Å². The fraction of sp³-hybridized carbons (Fsp3) is 0.125. The van der Waals surface area contributed by atoms with Crippen molar-refractivity contribution in [3.63, 3.8) is 0 Å². The van der Waals surface area contributed by atoms with Crippen molar-refractivity contribution >= 4 is 34.1 Å². The Balaban J connectivity index is 2.44. The summed E-state index contributed by atoms with van der Waals surface area (Å²) in [6.07, 6.45) is 5.82. The van der Waals surface area contributed by atoms with Gasteiger partial charge in [-0.25, -0.2) is 4.99 Å². The maximum absolute atomic E-state index is 7.57. The fourth-order valence-electron chi connectivity index (χ4n) is 1.78. The highest BCUT2D eigenvalue weighted by molar-refractivity contribution is 8.14. The molecule has 0 bridgehead atoms. The largest absolute Gasteiger partial charge is 0.305 e. The number of thioether (sulfide) groups is 1. The lowest BCUT2D eigenvalue weighted by molar-refractivity contribution is -0.574. The molecular formula is C16H16N3S+. The third-order valence-electron chi connectivity index (χ3n) is 2.71. The van der Waals surface area contributed by atoms with Gasteiger partial charge < -0.3 is 0 Å². The van der Waals surface area contributed by atoms with E-state index < -0.39 is 0 Å². The molecule has 0 radical (unpaired) electrons. The lowest BCUT2D eigenvalue weighted by atomic mass is 10.3. The number of nitrogens with zero attached hydrogens (tertiary/aromatic N) is 2. The molecule has 4 heteroatoms. The summed E-state index contributed by atoms with van der Waals surface area (Å²) < 4.78 is 1.88. The second-order valence-electron chi connectivity index (χ2n) is 4.22. The van der Waals surface area contributed by atoms with Crippen LogP contribution in [0.25, 0.3) is 5.70 Å². The number of hydrogen-bond acceptors (Lipinski definition) is 3. The van der Waals surface area contributed by atoms with Crippen LogP contribution in [0.5, 0.6) is 0 Å². The quantitative estimate of drug-likeness (QED) is 0.523. The number of aryl methyl sites for hydroxylation is 1. The van der Waals surface area contributed by atoms with Gasteiger partial charge in [0.1, 0.15) is 0 Å². The van der Waals surface area contributed by atoms with Crippen LogP contribution in [0.4, 0.5) is 5.69 Å². The molecule has 3 nitrogen and oxygen atoms in total. The maximum atomic E-state index is 7.57. The highest BCUT2D eigenvalue weighted by atomic mass is 32.2. The molecule has 2 rings (SSSR count). The number of nitrogens with one attached hydrogen (secondary N) is 1. The van der Waals surface area contributed by atoms with Gasteiger partial charge in [-0.05, 0) is 31.4 Å². The lowest BCUT2D eigenvalue weighted by Crippen LogP contribution is -2.35. The van der Waals surface area contributed by atoms with E-state index in [2.05, 4.69) is 10.9 Å². The Kier molecular flexibility index (Phi) is 4.88. The molecule has 0 saturated heterocycles.